The van der Waals surface area contributed by atoms with Crippen molar-refractivity contribution in [2.24, 2.45) is 5.73 Å². The second kappa shape index (κ2) is 8.49. The van der Waals surface area contributed by atoms with Crippen LogP contribution in [0, 0.1) is 12.7 Å². The fraction of sp³-hybridized carbons (Fsp3) is 0.263. The van der Waals surface area contributed by atoms with E-state index in [2.05, 4.69) is 4.72 Å². The number of likely N-dealkylation sites (N-methyl/N-ethyl adjacent to an activating group) is 1. The molecule has 28 heavy (non-hydrogen) atoms. The third-order valence-corrected chi connectivity index (χ3v) is 5.77. The molecular formula is C19H22FN3O4S. The van der Waals surface area contributed by atoms with Crippen LogP contribution in [0.2, 0.25) is 0 Å². The van der Waals surface area contributed by atoms with Crippen LogP contribution in [0.15, 0.2) is 47.4 Å². The van der Waals surface area contributed by atoms with Gasteiger partial charge >= 0.3 is 0 Å². The number of amides is 2. The van der Waals surface area contributed by atoms with Gasteiger partial charge in [-0.25, -0.2) is 17.5 Å². The highest BCUT2D eigenvalue weighted by Gasteiger charge is 2.29. The van der Waals surface area contributed by atoms with E-state index >= 15 is 0 Å². The Kier molecular flexibility index (Phi) is 6.52. The van der Waals surface area contributed by atoms with E-state index in [1.54, 1.807) is 13.8 Å². The summed E-state index contributed by atoms with van der Waals surface area (Å²) in [6.45, 7) is 3.48. The predicted octanol–water partition coefficient (Wildman–Crippen LogP) is 1.73. The first-order valence-electron chi connectivity index (χ1n) is 8.50. The fourth-order valence-electron chi connectivity index (χ4n) is 2.83. The molecule has 0 aliphatic heterocycles. The summed E-state index contributed by atoms with van der Waals surface area (Å²) >= 11 is 0. The van der Waals surface area contributed by atoms with Crippen LogP contribution in [-0.4, -0.2) is 38.7 Å². The van der Waals surface area contributed by atoms with Crippen LogP contribution in [0.1, 0.15) is 34.5 Å². The fourth-order valence-corrected chi connectivity index (χ4v) is 3.90. The van der Waals surface area contributed by atoms with Crippen LogP contribution < -0.4 is 10.5 Å². The Labute approximate surface area is 163 Å². The molecule has 7 nitrogen and oxygen atoms in total. The highest BCUT2D eigenvalue weighted by molar-refractivity contribution is 7.89. The van der Waals surface area contributed by atoms with Gasteiger partial charge in [0.15, 0.2) is 0 Å². The highest BCUT2D eigenvalue weighted by atomic mass is 32.2. The molecule has 9 heteroatoms. The molecule has 2 rings (SSSR count). The summed E-state index contributed by atoms with van der Waals surface area (Å²) < 4.78 is 40.4. The number of nitrogens with one attached hydrogen (secondary N) is 1. The Bertz CT molecular complexity index is 1010. The van der Waals surface area contributed by atoms with Crippen molar-refractivity contribution in [2.45, 2.75) is 24.8 Å². The molecule has 0 bridgehead atoms. The number of aryl methyl sites for hydroxylation is 1. The van der Waals surface area contributed by atoms with Gasteiger partial charge in [-0.1, -0.05) is 25.1 Å². The molecule has 0 saturated heterocycles. The molecule has 1 unspecified atom stereocenters. The molecule has 150 valence electrons. The Balaban J connectivity index is 2.47. The third-order valence-electron chi connectivity index (χ3n) is 4.23. The molecule has 0 spiro atoms. The number of nitrogens with zero attached hydrogens (tertiary/aromatic N) is 1. The summed E-state index contributed by atoms with van der Waals surface area (Å²) in [7, 11) is -2.41. The van der Waals surface area contributed by atoms with Gasteiger partial charge in [0, 0.05) is 19.2 Å². The summed E-state index contributed by atoms with van der Waals surface area (Å²) in [6, 6.07) is 8.16. The Morgan fingerprint density at radius 3 is 2.46 bits per heavy atom. The monoisotopic (exact) mass is 407 g/mol. The zero-order chi connectivity index (χ0) is 21.1. The molecular weight excluding hydrogens is 385 g/mol. The van der Waals surface area contributed by atoms with Crippen molar-refractivity contribution in [3.8, 4) is 0 Å². The van der Waals surface area contributed by atoms with Gasteiger partial charge in [-0.15, -0.1) is 0 Å². The number of halogens is 1. The maximum atomic E-state index is 13.6. The SMILES string of the molecule is CCNS(=O)(=O)c1ccc(C)c(C(=O)N(C)C(C(N)=O)c2cccc(F)c2)c1. The zero-order valence-corrected chi connectivity index (χ0v) is 16.6. The van der Waals surface area contributed by atoms with Gasteiger partial charge in [-0.05, 0) is 42.3 Å². The van der Waals surface area contributed by atoms with Gasteiger partial charge in [0.2, 0.25) is 15.9 Å². The van der Waals surface area contributed by atoms with E-state index in [1.165, 1.54) is 43.4 Å². The smallest absolute Gasteiger partial charge is 0.254 e. The lowest BCUT2D eigenvalue weighted by Gasteiger charge is -2.27. The van der Waals surface area contributed by atoms with Gasteiger partial charge in [0.1, 0.15) is 11.9 Å². The van der Waals surface area contributed by atoms with E-state index in [9.17, 15) is 22.4 Å². The second-order valence-corrected chi connectivity index (χ2v) is 8.02. The molecule has 2 aromatic rings. The molecule has 3 N–H and O–H groups in total. The Morgan fingerprint density at radius 2 is 1.89 bits per heavy atom. The normalized spacial score (nSPS) is 12.4. The van der Waals surface area contributed by atoms with Crippen molar-refractivity contribution in [1.29, 1.82) is 0 Å². The van der Waals surface area contributed by atoms with E-state index in [0.29, 0.717) is 5.56 Å². The van der Waals surface area contributed by atoms with Crippen molar-refractivity contribution < 1.29 is 22.4 Å². The average molecular weight is 407 g/mol. The standard InChI is InChI=1S/C19H22FN3O4S/c1-4-22-28(26,27)15-9-8-12(2)16(11-15)19(25)23(3)17(18(21)24)13-6-5-7-14(20)10-13/h5-11,17,22H,4H2,1-3H3,(H2,21,24). The van der Waals surface area contributed by atoms with Crippen LogP contribution in [-0.2, 0) is 14.8 Å². The second-order valence-electron chi connectivity index (χ2n) is 6.25. The van der Waals surface area contributed by atoms with E-state index in [4.69, 9.17) is 5.73 Å². The van der Waals surface area contributed by atoms with Gasteiger partial charge in [-0.3, -0.25) is 9.59 Å². The van der Waals surface area contributed by atoms with Gasteiger partial charge < -0.3 is 10.6 Å². The minimum Gasteiger partial charge on any atom is -0.368 e. The molecule has 0 saturated carbocycles. The highest BCUT2D eigenvalue weighted by Crippen LogP contribution is 2.24. The van der Waals surface area contributed by atoms with Crippen molar-refractivity contribution in [3.63, 3.8) is 0 Å². The average Bonchev–Trinajstić information content (AvgIpc) is 2.61. The summed E-state index contributed by atoms with van der Waals surface area (Å²) in [5, 5.41) is 0. The molecule has 0 heterocycles. The molecule has 0 radical (unpaired) electrons. The van der Waals surface area contributed by atoms with Crippen LogP contribution in [0.5, 0.6) is 0 Å². The van der Waals surface area contributed by atoms with Crippen molar-refractivity contribution >= 4 is 21.8 Å². The molecule has 0 aromatic heterocycles. The van der Waals surface area contributed by atoms with E-state index in [0.717, 1.165) is 11.0 Å². The number of primary amides is 1. The maximum Gasteiger partial charge on any atom is 0.254 e. The molecule has 0 fully saturated rings. The van der Waals surface area contributed by atoms with Gasteiger partial charge in [0.25, 0.3) is 5.91 Å². The molecule has 0 aliphatic rings. The van der Waals surface area contributed by atoms with Crippen molar-refractivity contribution in [1.82, 2.24) is 9.62 Å². The molecule has 2 amide bonds. The van der Waals surface area contributed by atoms with E-state index in [1.807, 2.05) is 0 Å². The van der Waals surface area contributed by atoms with Crippen LogP contribution >= 0.6 is 0 Å². The lowest BCUT2D eigenvalue weighted by Crippen LogP contribution is -2.39. The first kappa shape index (κ1) is 21.5. The summed E-state index contributed by atoms with van der Waals surface area (Å²) in [6.07, 6.45) is 0. The maximum absolute atomic E-state index is 13.6. The van der Waals surface area contributed by atoms with Crippen molar-refractivity contribution in [3.05, 3.63) is 65.0 Å². The summed E-state index contributed by atoms with van der Waals surface area (Å²) in [5.41, 5.74) is 6.30. The summed E-state index contributed by atoms with van der Waals surface area (Å²) in [4.78, 5) is 26.0. The zero-order valence-electron chi connectivity index (χ0n) is 15.8. The molecule has 2 aromatic carbocycles. The first-order valence-corrected chi connectivity index (χ1v) is 9.99. The molecule has 1 atom stereocenters. The summed E-state index contributed by atoms with van der Waals surface area (Å²) in [5.74, 6) is -2.02. The lowest BCUT2D eigenvalue weighted by atomic mass is 10.0. The van der Waals surface area contributed by atoms with Crippen LogP contribution in [0.25, 0.3) is 0 Å². The van der Waals surface area contributed by atoms with Gasteiger partial charge in [0.05, 0.1) is 4.90 Å². The van der Waals surface area contributed by atoms with Crippen LogP contribution in [0.3, 0.4) is 0 Å². The minimum atomic E-state index is -3.77. The largest absolute Gasteiger partial charge is 0.368 e. The lowest BCUT2D eigenvalue weighted by molar-refractivity contribution is -0.122. The van der Waals surface area contributed by atoms with E-state index < -0.39 is 33.7 Å². The predicted molar refractivity (Wildman–Crippen MR) is 102 cm³/mol. The number of sulfonamides is 1. The number of benzene rings is 2. The number of nitrogens with two attached hydrogens (primary N) is 1. The molecule has 0 aliphatic carbocycles. The first-order chi connectivity index (χ1) is 13.1. The van der Waals surface area contributed by atoms with Crippen molar-refractivity contribution in [2.75, 3.05) is 13.6 Å². The van der Waals surface area contributed by atoms with Gasteiger partial charge in [-0.2, -0.15) is 0 Å². The number of carbonyl (C=O) groups is 2. The number of hydrogen-bond acceptors (Lipinski definition) is 4. The Morgan fingerprint density at radius 1 is 1.21 bits per heavy atom. The topological polar surface area (TPSA) is 110 Å². The van der Waals surface area contributed by atoms with Crippen LogP contribution in [0.4, 0.5) is 4.39 Å². The number of carbonyl (C=O) groups excluding carboxylic acids is 2. The quantitative estimate of drug-likeness (QED) is 0.728. The van der Waals surface area contributed by atoms with E-state index in [-0.39, 0.29) is 22.6 Å². The number of rotatable bonds is 7. The number of hydrogen-bond donors (Lipinski definition) is 2. The minimum absolute atomic E-state index is 0.0712. The Hall–Kier alpha value is -2.78. The third kappa shape index (κ3) is 4.55.